The Balaban J connectivity index is 2.19. The van der Waals surface area contributed by atoms with Gasteiger partial charge >= 0.3 is 0 Å². The molecule has 6 nitrogen and oxygen atoms in total. The van der Waals surface area contributed by atoms with Crippen LogP contribution < -0.4 is 14.8 Å². The van der Waals surface area contributed by atoms with E-state index >= 15 is 0 Å². The van der Waals surface area contributed by atoms with Crippen LogP contribution in [0.1, 0.15) is 18.1 Å². The van der Waals surface area contributed by atoms with Crippen LogP contribution in [0.15, 0.2) is 47.4 Å². The lowest BCUT2D eigenvalue weighted by Gasteiger charge is -2.14. The second-order valence-corrected chi connectivity index (χ2v) is 7.18. The first kappa shape index (κ1) is 18.8. The number of para-hydroxylation sites is 1. The molecule has 0 saturated heterocycles. The molecule has 0 bridgehead atoms. The van der Waals surface area contributed by atoms with Crippen molar-refractivity contribution < 1.29 is 17.9 Å². The fourth-order valence-corrected chi connectivity index (χ4v) is 3.47. The van der Waals surface area contributed by atoms with E-state index in [2.05, 4.69) is 10.0 Å². The molecule has 2 N–H and O–H groups in total. The quantitative estimate of drug-likeness (QED) is 0.792. The second-order valence-electron chi connectivity index (χ2n) is 5.50. The Labute approximate surface area is 148 Å². The normalized spacial score (nSPS) is 11.0. The van der Waals surface area contributed by atoms with Crippen molar-refractivity contribution in [2.75, 3.05) is 18.4 Å². The molecule has 25 heavy (non-hydrogen) atoms. The van der Waals surface area contributed by atoms with Gasteiger partial charge in [-0.25, -0.2) is 8.42 Å². The van der Waals surface area contributed by atoms with Gasteiger partial charge in [0.2, 0.25) is 0 Å². The van der Waals surface area contributed by atoms with E-state index in [0.717, 1.165) is 17.5 Å². The van der Waals surface area contributed by atoms with Gasteiger partial charge in [0.15, 0.2) is 6.61 Å². The Hall–Kier alpha value is -2.54. The van der Waals surface area contributed by atoms with Crippen molar-refractivity contribution in [3.8, 4) is 5.75 Å². The Morgan fingerprint density at radius 1 is 1.12 bits per heavy atom. The highest BCUT2D eigenvalue weighted by molar-refractivity contribution is 7.92. The number of aryl methyl sites for hydroxylation is 2. The van der Waals surface area contributed by atoms with E-state index in [1.165, 1.54) is 31.3 Å². The van der Waals surface area contributed by atoms with Crippen molar-refractivity contribution in [1.29, 1.82) is 0 Å². The fourth-order valence-electron chi connectivity index (χ4n) is 2.30. The van der Waals surface area contributed by atoms with E-state index in [9.17, 15) is 13.2 Å². The number of amides is 1. The molecule has 0 radical (unpaired) electrons. The summed E-state index contributed by atoms with van der Waals surface area (Å²) >= 11 is 0. The van der Waals surface area contributed by atoms with Gasteiger partial charge in [0.25, 0.3) is 15.9 Å². The van der Waals surface area contributed by atoms with Crippen molar-refractivity contribution in [1.82, 2.24) is 5.32 Å². The van der Waals surface area contributed by atoms with Crippen LogP contribution in [0.3, 0.4) is 0 Å². The number of sulfonamides is 1. The van der Waals surface area contributed by atoms with E-state index in [1.54, 1.807) is 0 Å². The Bertz CT molecular complexity index is 846. The largest absolute Gasteiger partial charge is 0.484 e. The summed E-state index contributed by atoms with van der Waals surface area (Å²) in [6.07, 6.45) is 0.728. The van der Waals surface area contributed by atoms with Gasteiger partial charge in [0, 0.05) is 7.05 Å². The zero-order chi connectivity index (χ0) is 18.4. The van der Waals surface area contributed by atoms with Crippen molar-refractivity contribution in [2.45, 2.75) is 25.2 Å². The van der Waals surface area contributed by atoms with Gasteiger partial charge in [0.1, 0.15) is 5.75 Å². The molecule has 0 aliphatic rings. The lowest BCUT2D eigenvalue weighted by atomic mass is 10.1. The van der Waals surface area contributed by atoms with E-state index < -0.39 is 10.0 Å². The van der Waals surface area contributed by atoms with Crippen LogP contribution in [0, 0.1) is 6.92 Å². The Morgan fingerprint density at radius 3 is 2.40 bits per heavy atom. The second kappa shape index (κ2) is 8.02. The molecule has 134 valence electrons. The molecule has 7 heteroatoms. The highest BCUT2D eigenvalue weighted by Gasteiger charge is 2.17. The maximum Gasteiger partial charge on any atom is 0.261 e. The van der Waals surface area contributed by atoms with Crippen LogP contribution >= 0.6 is 0 Å². The summed E-state index contributed by atoms with van der Waals surface area (Å²) in [5, 5.41) is 2.44. The highest BCUT2D eigenvalue weighted by Crippen LogP contribution is 2.25. The number of hydrogen-bond donors (Lipinski definition) is 2. The lowest BCUT2D eigenvalue weighted by Crippen LogP contribution is -2.24. The number of likely N-dealkylation sites (N-methyl/N-ethyl adjacent to an activating group) is 1. The molecule has 0 saturated carbocycles. The third-order valence-electron chi connectivity index (χ3n) is 3.76. The van der Waals surface area contributed by atoms with Crippen LogP contribution in [0.5, 0.6) is 5.75 Å². The molecule has 0 unspecified atom stereocenters. The summed E-state index contributed by atoms with van der Waals surface area (Å²) in [4.78, 5) is 11.3. The first-order chi connectivity index (χ1) is 11.9. The summed E-state index contributed by atoms with van der Waals surface area (Å²) < 4.78 is 33.2. The number of carbonyl (C=O) groups excluding carboxylic acids is 1. The Morgan fingerprint density at radius 2 is 1.80 bits per heavy atom. The third-order valence-corrected chi connectivity index (χ3v) is 5.12. The zero-order valence-electron chi connectivity index (χ0n) is 14.5. The molecule has 0 aromatic heterocycles. The third kappa shape index (κ3) is 4.73. The van der Waals surface area contributed by atoms with Crippen molar-refractivity contribution >= 4 is 21.6 Å². The zero-order valence-corrected chi connectivity index (χ0v) is 15.3. The predicted molar refractivity (Wildman–Crippen MR) is 97.4 cm³/mol. The minimum absolute atomic E-state index is 0.121. The topological polar surface area (TPSA) is 84.5 Å². The number of carbonyl (C=O) groups is 1. The number of benzene rings is 2. The molecular formula is C18H22N2O4S. The van der Waals surface area contributed by atoms with Crippen LogP contribution in [-0.2, 0) is 21.2 Å². The van der Waals surface area contributed by atoms with Crippen LogP contribution in [0.25, 0.3) is 0 Å². The maximum atomic E-state index is 12.6. The molecule has 0 aliphatic carbocycles. The summed E-state index contributed by atoms with van der Waals surface area (Å²) in [7, 11) is -2.19. The molecule has 2 aromatic carbocycles. The van der Waals surface area contributed by atoms with Gasteiger partial charge in [-0.1, -0.05) is 25.1 Å². The first-order valence-corrected chi connectivity index (χ1v) is 9.40. The lowest BCUT2D eigenvalue weighted by molar-refractivity contribution is -0.122. The summed E-state index contributed by atoms with van der Waals surface area (Å²) in [5.74, 6) is 0.165. The SMILES string of the molecule is CCc1cccc(C)c1NS(=O)(=O)c1ccc(OCC(=O)NC)cc1. The van der Waals surface area contributed by atoms with Crippen molar-refractivity contribution in [2.24, 2.45) is 0 Å². The van der Waals surface area contributed by atoms with Crippen LogP contribution in [-0.4, -0.2) is 28.0 Å². The molecule has 0 spiro atoms. The van der Waals surface area contributed by atoms with Gasteiger partial charge in [-0.2, -0.15) is 0 Å². The van der Waals surface area contributed by atoms with Crippen LogP contribution in [0.4, 0.5) is 5.69 Å². The molecule has 2 aromatic rings. The van der Waals surface area contributed by atoms with Gasteiger partial charge in [-0.3, -0.25) is 9.52 Å². The van der Waals surface area contributed by atoms with Gasteiger partial charge in [-0.15, -0.1) is 0 Å². The molecule has 0 aliphatic heterocycles. The van der Waals surface area contributed by atoms with E-state index in [0.29, 0.717) is 11.4 Å². The maximum absolute atomic E-state index is 12.6. The minimum atomic E-state index is -3.71. The number of rotatable bonds is 7. The summed E-state index contributed by atoms with van der Waals surface area (Å²) in [6.45, 7) is 3.72. The monoisotopic (exact) mass is 362 g/mol. The van der Waals surface area contributed by atoms with Gasteiger partial charge in [0.05, 0.1) is 10.6 Å². The number of hydrogen-bond acceptors (Lipinski definition) is 4. The molecule has 0 fully saturated rings. The number of anilines is 1. The van der Waals surface area contributed by atoms with Gasteiger partial charge < -0.3 is 10.1 Å². The highest BCUT2D eigenvalue weighted by atomic mass is 32.2. The van der Waals surface area contributed by atoms with E-state index in [-0.39, 0.29) is 17.4 Å². The van der Waals surface area contributed by atoms with Crippen molar-refractivity contribution in [3.63, 3.8) is 0 Å². The molecule has 2 rings (SSSR count). The predicted octanol–water partition coefficient (Wildman–Crippen LogP) is 2.48. The smallest absolute Gasteiger partial charge is 0.261 e. The summed E-state index contributed by atoms with van der Waals surface area (Å²) in [5.41, 5.74) is 2.42. The average Bonchev–Trinajstić information content (AvgIpc) is 2.61. The number of nitrogens with one attached hydrogen (secondary N) is 2. The first-order valence-electron chi connectivity index (χ1n) is 7.92. The molecule has 0 heterocycles. The minimum Gasteiger partial charge on any atom is -0.484 e. The summed E-state index contributed by atoms with van der Waals surface area (Å²) in [6, 6.07) is 11.6. The standard InChI is InChI=1S/C18H22N2O4S/c1-4-14-7-5-6-13(2)18(14)20-25(22,23)16-10-8-15(9-11-16)24-12-17(21)19-3/h5-11,20H,4,12H2,1-3H3,(H,19,21). The van der Waals surface area contributed by atoms with E-state index in [4.69, 9.17) is 4.74 Å². The van der Waals surface area contributed by atoms with Gasteiger partial charge in [-0.05, 0) is 48.7 Å². The average molecular weight is 362 g/mol. The van der Waals surface area contributed by atoms with Crippen LogP contribution in [0.2, 0.25) is 0 Å². The molecular weight excluding hydrogens is 340 g/mol. The van der Waals surface area contributed by atoms with Crippen molar-refractivity contribution in [3.05, 3.63) is 53.6 Å². The Kier molecular flexibility index (Phi) is 6.03. The molecule has 1 amide bonds. The van der Waals surface area contributed by atoms with E-state index in [1.807, 2.05) is 32.0 Å². The molecule has 0 atom stereocenters. The fraction of sp³-hybridized carbons (Fsp3) is 0.278. The number of ether oxygens (including phenoxy) is 1.